The first-order chi connectivity index (χ1) is 16.2. The van der Waals surface area contributed by atoms with Crippen molar-refractivity contribution in [2.75, 3.05) is 11.9 Å². The largest absolute Gasteiger partial charge is 0.313 e. The Hall–Kier alpha value is -2.54. The molecule has 1 N–H and O–H groups in total. The number of nitrogens with one attached hydrogen (secondary N) is 1. The van der Waals surface area contributed by atoms with Gasteiger partial charge in [-0.15, -0.1) is 22.7 Å². The highest BCUT2D eigenvalue weighted by Gasteiger charge is 2.28. The molecule has 34 heavy (non-hydrogen) atoms. The van der Waals surface area contributed by atoms with Crippen molar-refractivity contribution < 1.29 is 4.79 Å². The quantitative estimate of drug-likeness (QED) is 0.326. The molecule has 0 spiro atoms. The number of thiophene rings is 1. The maximum absolute atomic E-state index is 13.3. The van der Waals surface area contributed by atoms with E-state index in [1.807, 2.05) is 18.2 Å². The normalized spacial score (nSPS) is 14.5. The van der Waals surface area contributed by atoms with Crippen LogP contribution in [-0.2, 0) is 18.4 Å². The van der Waals surface area contributed by atoms with Gasteiger partial charge < -0.3 is 5.32 Å². The summed E-state index contributed by atoms with van der Waals surface area (Å²) in [5.41, 5.74) is 5.43. The average Bonchev–Trinajstić information content (AvgIpc) is 3.38. The summed E-state index contributed by atoms with van der Waals surface area (Å²) in [6, 6.07) is 16.7. The third-order valence-electron chi connectivity index (χ3n) is 6.56. The molecule has 0 saturated heterocycles. The Morgan fingerprint density at radius 1 is 1.06 bits per heavy atom. The Morgan fingerprint density at radius 3 is 2.47 bits per heavy atom. The number of amides is 1. The molecule has 4 nitrogen and oxygen atoms in total. The molecule has 3 heterocycles. The molecule has 0 aliphatic carbocycles. The highest BCUT2D eigenvalue weighted by atomic mass is 32.1. The molecule has 0 atom stereocenters. The van der Waals surface area contributed by atoms with Crippen LogP contribution in [-0.4, -0.2) is 28.4 Å². The third-order valence-corrected chi connectivity index (χ3v) is 8.75. The van der Waals surface area contributed by atoms with Gasteiger partial charge >= 0.3 is 0 Å². The van der Waals surface area contributed by atoms with E-state index in [0.29, 0.717) is 11.6 Å². The lowest BCUT2D eigenvalue weighted by atomic mass is 9.87. The molecule has 0 bridgehead atoms. The number of fused-ring (bicyclic) bond motifs is 2. The molecule has 0 radical (unpaired) electrons. The molecule has 1 aliphatic rings. The molecule has 0 saturated carbocycles. The lowest BCUT2D eigenvalue weighted by Crippen LogP contribution is -2.35. The van der Waals surface area contributed by atoms with Gasteiger partial charge in [0, 0.05) is 35.1 Å². The number of hydrogen-bond acceptors (Lipinski definition) is 5. The third kappa shape index (κ3) is 4.42. The zero-order valence-electron chi connectivity index (χ0n) is 20.4. The minimum atomic E-state index is -0.0675. The molecule has 1 amide bonds. The van der Waals surface area contributed by atoms with Crippen LogP contribution < -0.4 is 5.32 Å². The van der Waals surface area contributed by atoms with E-state index in [4.69, 9.17) is 4.98 Å². The van der Waals surface area contributed by atoms with Crippen LogP contribution in [0, 0.1) is 0 Å². The number of hydrogen-bond donors (Lipinski definition) is 1. The topological polar surface area (TPSA) is 45.2 Å². The van der Waals surface area contributed by atoms with E-state index in [1.165, 1.54) is 20.7 Å². The van der Waals surface area contributed by atoms with Gasteiger partial charge in [0.05, 0.1) is 10.2 Å². The standard InChI is InChI=1S/C28H31N3OS2/c1-17(2)31-15-14-20-23(16-31)34-27(24(20)26-29-21-8-6-7-9-22(21)33-26)30-25(32)18-10-12-19(13-11-18)28(3,4)5/h6-13,17H,14-16H2,1-5H3,(H,30,32). The molecule has 4 aromatic rings. The van der Waals surface area contributed by atoms with Crippen LogP contribution in [0.4, 0.5) is 5.00 Å². The Balaban J connectivity index is 1.53. The SMILES string of the molecule is CC(C)N1CCc2c(sc(NC(=O)c3ccc(C(C)(C)C)cc3)c2-c2nc3ccccc3s2)C1. The van der Waals surface area contributed by atoms with Gasteiger partial charge in [0.1, 0.15) is 10.0 Å². The van der Waals surface area contributed by atoms with Gasteiger partial charge in [0.15, 0.2) is 0 Å². The highest BCUT2D eigenvalue weighted by Crippen LogP contribution is 2.46. The van der Waals surface area contributed by atoms with Crippen LogP contribution in [0.2, 0.25) is 0 Å². The van der Waals surface area contributed by atoms with Crippen molar-refractivity contribution in [3.05, 3.63) is 70.1 Å². The summed E-state index contributed by atoms with van der Waals surface area (Å²) in [6.45, 7) is 13.0. The minimum absolute atomic E-state index is 0.0596. The predicted molar refractivity (Wildman–Crippen MR) is 145 cm³/mol. The lowest BCUT2D eigenvalue weighted by molar-refractivity contribution is 0.102. The van der Waals surface area contributed by atoms with Crippen LogP contribution >= 0.6 is 22.7 Å². The molecule has 2 aromatic heterocycles. The maximum Gasteiger partial charge on any atom is 0.256 e. The number of nitrogens with zero attached hydrogens (tertiary/aromatic N) is 2. The molecule has 176 valence electrons. The number of aromatic nitrogens is 1. The van der Waals surface area contributed by atoms with Crippen LogP contribution in [0.25, 0.3) is 20.8 Å². The monoisotopic (exact) mass is 489 g/mol. The molecule has 0 fully saturated rings. The molecule has 1 aliphatic heterocycles. The van der Waals surface area contributed by atoms with Gasteiger partial charge in [0.25, 0.3) is 5.91 Å². The second-order valence-electron chi connectivity index (χ2n) is 10.3. The number of thiazole rings is 1. The number of para-hydroxylation sites is 1. The minimum Gasteiger partial charge on any atom is -0.313 e. The first kappa shape index (κ1) is 23.2. The fourth-order valence-corrected chi connectivity index (χ4v) is 6.83. The van der Waals surface area contributed by atoms with Gasteiger partial charge in [-0.25, -0.2) is 4.98 Å². The number of carbonyl (C=O) groups excluding carboxylic acids is 1. The van der Waals surface area contributed by atoms with E-state index in [-0.39, 0.29) is 11.3 Å². The summed E-state index contributed by atoms with van der Waals surface area (Å²) in [7, 11) is 0. The van der Waals surface area contributed by atoms with E-state index in [1.54, 1.807) is 22.7 Å². The zero-order chi connectivity index (χ0) is 24.0. The van der Waals surface area contributed by atoms with Crippen molar-refractivity contribution >= 4 is 43.8 Å². The van der Waals surface area contributed by atoms with E-state index in [2.05, 4.69) is 75.2 Å². The second kappa shape index (κ2) is 8.91. The van der Waals surface area contributed by atoms with Gasteiger partial charge in [-0.05, 0) is 61.1 Å². The summed E-state index contributed by atoms with van der Waals surface area (Å²) >= 11 is 3.42. The fourth-order valence-electron chi connectivity index (χ4n) is 4.45. The molecule has 2 aromatic carbocycles. The van der Waals surface area contributed by atoms with Crippen molar-refractivity contribution in [2.24, 2.45) is 0 Å². The Kier molecular flexibility index (Phi) is 6.09. The molecule has 6 heteroatoms. The Bertz CT molecular complexity index is 1310. The van der Waals surface area contributed by atoms with E-state index < -0.39 is 0 Å². The number of carbonyl (C=O) groups is 1. The molecule has 0 unspecified atom stereocenters. The van der Waals surface area contributed by atoms with Crippen LogP contribution in [0.1, 0.15) is 61.0 Å². The lowest BCUT2D eigenvalue weighted by Gasteiger charge is -2.30. The van der Waals surface area contributed by atoms with Gasteiger partial charge in [-0.2, -0.15) is 0 Å². The van der Waals surface area contributed by atoms with Crippen LogP contribution in [0.15, 0.2) is 48.5 Å². The van der Waals surface area contributed by atoms with Crippen molar-refractivity contribution in [3.63, 3.8) is 0 Å². The number of rotatable bonds is 4. The van der Waals surface area contributed by atoms with E-state index >= 15 is 0 Å². The highest BCUT2D eigenvalue weighted by molar-refractivity contribution is 7.23. The predicted octanol–water partition coefficient (Wildman–Crippen LogP) is 7.34. The Labute approximate surface area is 209 Å². The summed E-state index contributed by atoms with van der Waals surface area (Å²) in [6.07, 6.45) is 0.978. The van der Waals surface area contributed by atoms with Gasteiger partial charge in [-0.3, -0.25) is 9.69 Å². The summed E-state index contributed by atoms with van der Waals surface area (Å²) in [4.78, 5) is 22.1. The van der Waals surface area contributed by atoms with Crippen molar-refractivity contribution in [1.29, 1.82) is 0 Å². The van der Waals surface area contributed by atoms with Gasteiger partial charge in [-0.1, -0.05) is 45.0 Å². The van der Waals surface area contributed by atoms with Crippen molar-refractivity contribution in [1.82, 2.24) is 9.88 Å². The Morgan fingerprint density at radius 2 is 1.79 bits per heavy atom. The first-order valence-electron chi connectivity index (χ1n) is 11.9. The number of benzene rings is 2. The summed E-state index contributed by atoms with van der Waals surface area (Å²) in [5, 5.41) is 5.17. The zero-order valence-corrected chi connectivity index (χ0v) is 22.1. The summed E-state index contributed by atoms with van der Waals surface area (Å²) < 4.78 is 1.17. The fraction of sp³-hybridized carbons (Fsp3) is 0.357. The van der Waals surface area contributed by atoms with Crippen LogP contribution in [0.3, 0.4) is 0 Å². The summed E-state index contributed by atoms with van der Waals surface area (Å²) in [5.74, 6) is -0.0675. The molecular formula is C28H31N3OS2. The first-order valence-corrected chi connectivity index (χ1v) is 13.5. The van der Waals surface area contributed by atoms with Crippen molar-refractivity contribution in [3.8, 4) is 10.6 Å². The van der Waals surface area contributed by atoms with Gasteiger partial charge in [0.2, 0.25) is 0 Å². The number of anilines is 1. The van der Waals surface area contributed by atoms with E-state index in [9.17, 15) is 4.79 Å². The van der Waals surface area contributed by atoms with Crippen LogP contribution in [0.5, 0.6) is 0 Å². The van der Waals surface area contributed by atoms with Crippen molar-refractivity contribution in [2.45, 2.75) is 59.0 Å². The second-order valence-corrected chi connectivity index (χ2v) is 12.4. The molecular weight excluding hydrogens is 458 g/mol. The maximum atomic E-state index is 13.3. The average molecular weight is 490 g/mol. The smallest absolute Gasteiger partial charge is 0.256 e. The molecule has 5 rings (SSSR count). The van der Waals surface area contributed by atoms with E-state index in [0.717, 1.165) is 40.6 Å².